The van der Waals surface area contributed by atoms with Gasteiger partial charge in [0, 0.05) is 30.2 Å². The first kappa shape index (κ1) is 24.0. The van der Waals surface area contributed by atoms with Crippen molar-refractivity contribution in [1.29, 1.82) is 0 Å². The summed E-state index contributed by atoms with van der Waals surface area (Å²) in [5, 5.41) is 0.796. The molecule has 2 amide bonds. The van der Waals surface area contributed by atoms with Crippen LogP contribution < -0.4 is 15.8 Å². The van der Waals surface area contributed by atoms with E-state index in [9.17, 15) is 9.59 Å². The molecule has 4 rings (SSSR count). The number of morpholine rings is 1. The van der Waals surface area contributed by atoms with Crippen molar-refractivity contribution >= 4 is 28.3 Å². The summed E-state index contributed by atoms with van der Waals surface area (Å²) < 4.78 is 7.44. The first-order chi connectivity index (χ1) is 16.3. The van der Waals surface area contributed by atoms with E-state index in [4.69, 9.17) is 4.74 Å². The van der Waals surface area contributed by atoms with E-state index in [-0.39, 0.29) is 11.8 Å². The fourth-order valence-electron chi connectivity index (χ4n) is 4.13. The second-order valence-electron chi connectivity index (χ2n) is 8.79. The van der Waals surface area contributed by atoms with Crippen LogP contribution in [-0.4, -0.2) is 47.7 Å². The molecular formula is C25H31N5O3S. The van der Waals surface area contributed by atoms with Gasteiger partial charge in [-0.3, -0.25) is 20.4 Å². The fraction of sp³-hybridized carbons (Fsp3) is 0.400. The zero-order chi connectivity index (χ0) is 24.4. The van der Waals surface area contributed by atoms with Gasteiger partial charge in [-0.15, -0.1) is 0 Å². The number of nitrogens with zero attached hydrogens (tertiary/aromatic N) is 3. The number of benzene rings is 1. The van der Waals surface area contributed by atoms with Crippen LogP contribution in [0.2, 0.25) is 0 Å². The molecule has 0 saturated carbocycles. The third-order valence-electron chi connectivity index (χ3n) is 6.03. The van der Waals surface area contributed by atoms with E-state index in [0.717, 1.165) is 35.3 Å². The number of nitrogens with one attached hydrogen (secondary N) is 2. The molecule has 9 heteroatoms. The van der Waals surface area contributed by atoms with E-state index < -0.39 is 0 Å². The maximum Gasteiger partial charge on any atom is 0.281 e. The molecule has 3 heterocycles. The minimum Gasteiger partial charge on any atom is -0.378 e. The minimum atomic E-state index is -0.374. The van der Waals surface area contributed by atoms with Gasteiger partial charge in [0.25, 0.3) is 11.8 Å². The van der Waals surface area contributed by atoms with E-state index in [0.29, 0.717) is 35.3 Å². The Morgan fingerprint density at radius 3 is 2.47 bits per heavy atom. The van der Waals surface area contributed by atoms with Crippen LogP contribution in [-0.2, 0) is 4.74 Å². The number of carbonyl (C=O) groups is 2. The van der Waals surface area contributed by atoms with Gasteiger partial charge in [0.05, 0.1) is 24.5 Å². The van der Waals surface area contributed by atoms with Crippen LogP contribution >= 0.6 is 11.3 Å². The Morgan fingerprint density at radius 2 is 1.76 bits per heavy atom. The molecule has 8 nitrogen and oxygen atoms in total. The van der Waals surface area contributed by atoms with Gasteiger partial charge in [-0.25, -0.2) is 4.98 Å². The van der Waals surface area contributed by atoms with Crippen LogP contribution in [0.15, 0.2) is 30.3 Å². The number of hydrogen-bond donors (Lipinski definition) is 2. The lowest BCUT2D eigenvalue weighted by molar-refractivity contribution is 0.0848. The third-order valence-corrected chi connectivity index (χ3v) is 7.25. The van der Waals surface area contributed by atoms with Crippen LogP contribution in [0.3, 0.4) is 0 Å². The largest absolute Gasteiger partial charge is 0.378 e. The van der Waals surface area contributed by atoms with E-state index in [1.165, 1.54) is 16.9 Å². The summed E-state index contributed by atoms with van der Waals surface area (Å²) in [5.41, 5.74) is 10.3. The Kier molecular flexibility index (Phi) is 7.04. The van der Waals surface area contributed by atoms with Crippen LogP contribution in [0.5, 0.6) is 0 Å². The number of aromatic nitrogens is 2. The molecule has 34 heavy (non-hydrogen) atoms. The van der Waals surface area contributed by atoms with Gasteiger partial charge in [-0.2, -0.15) is 0 Å². The number of ether oxygens (including phenoxy) is 1. The smallest absolute Gasteiger partial charge is 0.281 e. The zero-order valence-corrected chi connectivity index (χ0v) is 21.1. The lowest BCUT2D eigenvalue weighted by Crippen LogP contribution is -2.41. The van der Waals surface area contributed by atoms with E-state index >= 15 is 0 Å². The number of hydrazine groups is 1. The maximum atomic E-state index is 12.9. The molecule has 0 aliphatic carbocycles. The van der Waals surface area contributed by atoms with Crippen molar-refractivity contribution in [1.82, 2.24) is 20.4 Å². The molecule has 1 fully saturated rings. The molecule has 0 atom stereocenters. The third kappa shape index (κ3) is 4.85. The van der Waals surface area contributed by atoms with Gasteiger partial charge < -0.3 is 14.2 Å². The number of hydrogen-bond acceptors (Lipinski definition) is 6. The average molecular weight is 482 g/mol. The van der Waals surface area contributed by atoms with Gasteiger partial charge in [0.1, 0.15) is 4.88 Å². The molecular weight excluding hydrogens is 450 g/mol. The molecule has 180 valence electrons. The van der Waals surface area contributed by atoms with Crippen molar-refractivity contribution in [3.05, 3.63) is 63.4 Å². The standard InChI is InChI=1S/C25H31N5O3S/c1-15(2)19-7-6-8-20(14-19)30-16(3)13-21(18(30)5)23(31)27-28-24(32)22-17(4)26-25(34-22)29-9-11-33-12-10-29/h6-8,13-15H,9-12H2,1-5H3,(H,27,31)(H,28,32). The van der Waals surface area contributed by atoms with Crippen molar-refractivity contribution in [2.75, 3.05) is 31.2 Å². The number of amides is 2. The minimum absolute atomic E-state index is 0.358. The number of aryl methyl sites for hydroxylation is 2. The lowest BCUT2D eigenvalue weighted by atomic mass is 10.0. The van der Waals surface area contributed by atoms with Crippen LogP contribution in [0, 0.1) is 20.8 Å². The molecule has 0 unspecified atom stereocenters. The summed E-state index contributed by atoms with van der Waals surface area (Å²) >= 11 is 1.32. The van der Waals surface area contributed by atoms with Crippen LogP contribution in [0.4, 0.5) is 5.13 Å². The van der Waals surface area contributed by atoms with Crippen molar-refractivity contribution in [3.63, 3.8) is 0 Å². The summed E-state index contributed by atoms with van der Waals surface area (Å²) in [7, 11) is 0. The molecule has 2 aromatic heterocycles. The van der Waals surface area contributed by atoms with Gasteiger partial charge in [-0.1, -0.05) is 37.3 Å². The SMILES string of the molecule is Cc1nc(N2CCOCC2)sc1C(=O)NNC(=O)c1cc(C)n(-c2cccc(C(C)C)c2)c1C. The number of thiazole rings is 1. The predicted molar refractivity (Wildman–Crippen MR) is 134 cm³/mol. The Morgan fingerprint density at radius 1 is 1.06 bits per heavy atom. The monoisotopic (exact) mass is 481 g/mol. The Hall–Kier alpha value is -3.17. The van der Waals surface area contributed by atoms with Crippen molar-refractivity contribution < 1.29 is 14.3 Å². The highest BCUT2D eigenvalue weighted by Crippen LogP contribution is 2.27. The molecule has 1 aliphatic rings. The highest BCUT2D eigenvalue weighted by atomic mass is 32.1. The Labute approximate surface area is 203 Å². The molecule has 3 aromatic rings. The maximum absolute atomic E-state index is 12.9. The van der Waals surface area contributed by atoms with E-state index in [1.807, 2.05) is 32.0 Å². The highest BCUT2D eigenvalue weighted by Gasteiger charge is 2.22. The molecule has 1 saturated heterocycles. The predicted octanol–water partition coefficient (Wildman–Crippen LogP) is 3.89. The second-order valence-corrected chi connectivity index (χ2v) is 9.77. The van der Waals surface area contributed by atoms with Crippen molar-refractivity contribution in [2.24, 2.45) is 0 Å². The van der Waals surface area contributed by atoms with Crippen LogP contribution in [0.25, 0.3) is 5.69 Å². The summed E-state index contributed by atoms with van der Waals surface area (Å²) in [4.78, 5) is 32.8. The van der Waals surface area contributed by atoms with Gasteiger partial charge in [0.15, 0.2) is 5.13 Å². The topological polar surface area (TPSA) is 88.5 Å². The molecule has 0 radical (unpaired) electrons. The second kappa shape index (κ2) is 9.99. The Bertz CT molecular complexity index is 1210. The van der Waals surface area contributed by atoms with Crippen LogP contribution in [0.1, 0.15) is 62.4 Å². The molecule has 0 spiro atoms. The van der Waals surface area contributed by atoms with Gasteiger partial charge >= 0.3 is 0 Å². The average Bonchev–Trinajstić information content (AvgIpc) is 3.37. The molecule has 2 N–H and O–H groups in total. The lowest BCUT2D eigenvalue weighted by Gasteiger charge is -2.25. The van der Waals surface area contributed by atoms with E-state index in [2.05, 4.69) is 51.3 Å². The van der Waals surface area contributed by atoms with Crippen molar-refractivity contribution in [3.8, 4) is 5.69 Å². The Balaban J connectivity index is 1.47. The summed E-state index contributed by atoms with van der Waals surface area (Å²) in [6.07, 6.45) is 0. The fourth-order valence-corrected chi connectivity index (χ4v) is 5.15. The summed E-state index contributed by atoms with van der Waals surface area (Å²) in [6.45, 7) is 12.8. The van der Waals surface area contributed by atoms with Gasteiger partial charge in [-0.05, 0) is 50.5 Å². The van der Waals surface area contributed by atoms with Crippen molar-refractivity contribution in [2.45, 2.75) is 40.5 Å². The zero-order valence-electron chi connectivity index (χ0n) is 20.3. The van der Waals surface area contributed by atoms with Gasteiger partial charge in [0.2, 0.25) is 0 Å². The highest BCUT2D eigenvalue weighted by molar-refractivity contribution is 7.17. The normalized spacial score (nSPS) is 13.9. The first-order valence-electron chi connectivity index (χ1n) is 11.5. The number of carbonyl (C=O) groups excluding carboxylic acids is 2. The summed E-state index contributed by atoms with van der Waals surface area (Å²) in [5.74, 6) is -0.322. The summed E-state index contributed by atoms with van der Waals surface area (Å²) in [6, 6.07) is 10.2. The molecule has 0 bridgehead atoms. The van der Waals surface area contributed by atoms with E-state index in [1.54, 1.807) is 6.92 Å². The molecule has 1 aromatic carbocycles. The first-order valence-corrected chi connectivity index (χ1v) is 12.3. The molecule has 1 aliphatic heterocycles. The number of rotatable bonds is 5. The number of anilines is 1. The quantitative estimate of drug-likeness (QED) is 0.540.